The maximum atomic E-state index is 12.7. The predicted octanol–water partition coefficient (Wildman–Crippen LogP) is 1.75. The number of nitrogens with zero attached hydrogens (tertiary/aromatic N) is 1. The van der Waals surface area contributed by atoms with Crippen LogP contribution in [0, 0.1) is 6.92 Å². The highest BCUT2D eigenvalue weighted by Crippen LogP contribution is 2.35. The molecule has 6 heteroatoms. The average molecular weight is 303 g/mol. The zero-order valence-corrected chi connectivity index (χ0v) is 12.6. The Bertz CT molecular complexity index is 723. The Morgan fingerprint density at radius 2 is 2.19 bits per heavy atom. The van der Waals surface area contributed by atoms with Gasteiger partial charge in [-0.2, -0.15) is 0 Å². The fourth-order valence-corrected chi connectivity index (χ4v) is 3.57. The number of nitrogens with one attached hydrogen (secondary N) is 1. The van der Waals surface area contributed by atoms with Gasteiger partial charge in [-0.3, -0.25) is 9.59 Å². The van der Waals surface area contributed by atoms with E-state index >= 15 is 0 Å². The van der Waals surface area contributed by atoms with Crippen LogP contribution in [0.5, 0.6) is 0 Å². The molecule has 0 unspecified atom stereocenters. The van der Waals surface area contributed by atoms with Crippen LogP contribution in [0.2, 0.25) is 0 Å². The number of amides is 2. The van der Waals surface area contributed by atoms with Crippen LogP contribution in [0.25, 0.3) is 10.1 Å². The number of hydrogen-bond donors (Lipinski definition) is 2. The minimum Gasteiger partial charge on any atom is -0.397 e. The maximum absolute atomic E-state index is 12.7. The van der Waals surface area contributed by atoms with Crippen LogP contribution < -0.4 is 11.1 Å². The van der Waals surface area contributed by atoms with E-state index in [4.69, 9.17) is 5.73 Å². The molecule has 1 aromatic carbocycles. The molecule has 0 spiro atoms. The van der Waals surface area contributed by atoms with Gasteiger partial charge in [0, 0.05) is 36.1 Å². The number of anilines is 1. The maximum Gasteiger partial charge on any atom is 0.266 e. The van der Waals surface area contributed by atoms with Crippen LogP contribution >= 0.6 is 11.3 Å². The molecule has 1 aromatic heterocycles. The SMILES string of the molecule is Cc1ccc2sc(C(=O)N3CCNC(=O)CC3)c(N)c2c1. The third-order valence-corrected chi connectivity index (χ3v) is 4.85. The van der Waals surface area contributed by atoms with Gasteiger partial charge in [-0.05, 0) is 19.1 Å². The molecule has 0 bridgehead atoms. The van der Waals surface area contributed by atoms with E-state index in [0.717, 1.165) is 15.6 Å². The molecule has 21 heavy (non-hydrogen) atoms. The van der Waals surface area contributed by atoms with Crippen molar-refractivity contribution in [1.82, 2.24) is 10.2 Å². The summed E-state index contributed by atoms with van der Waals surface area (Å²) >= 11 is 1.42. The summed E-state index contributed by atoms with van der Waals surface area (Å²) in [6, 6.07) is 6.02. The minimum absolute atomic E-state index is 0.00904. The lowest BCUT2D eigenvalue weighted by Crippen LogP contribution is -2.34. The van der Waals surface area contributed by atoms with E-state index < -0.39 is 0 Å². The monoisotopic (exact) mass is 303 g/mol. The van der Waals surface area contributed by atoms with Gasteiger partial charge in [0.05, 0.1) is 5.69 Å². The Kier molecular flexibility index (Phi) is 3.55. The Balaban J connectivity index is 1.94. The van der Waals surface area contributed by atoms with Gasteiger partial charge in [0.1, 0.15) is 4.88 Å². The van der Waals surface area contributed by atoms with Crippen molar-refractivity contribution < 1.29 is 9.59 Å². The van der Waals surface area contributed by atoms with E-state index in [1.165, 1.54) is 11.3 Å². The Morgan fingerprint density at radius 1 is 1.38 bits per heavy atom. The molecule has 0 atom stereocenters. The summed E-state index contributed by atoms with van der Waals surface area (Å²) < 4.78 is 1.02. The second-order valence-electron chi connectivity index (χ2n) is 5.24. The van der Waals surface area contributed by atoms with E-state index in [1.807, 2.05) is 25.1 Å². The van der Waals surface area contributed by atoms with Crippen LogP contribution in [-0.2, 0) is 4.79 Å². The first-order chi connectivity index (χ1) is 10.1. The molecule has 2 aromatic rings. The van der Waals surface area contributed by atoms with Crippen molar-refractivity contribution in [3.05, 3.63) is 28.6 Å². The molecule has 110 valence electrons. The Hall–Kier alpha value is -2.08. The first-order valence-electron chi connectivity index (χ1n) is 6.91. The summed E-state index contributed by atoms with van der Waals surface area (Å²) in [7, 11) is 0. The number of benzene rings is 1. The largest absolute Gasteiger partial charge is 0.397 e. The lowest BCUT2D eigenvalue weighted by molar-refractivity contribution is -0.120. The molecule has 2 amide bonds. The molecule has 1 saturated heterocycles. The molecule has 1 aliphatic heterocycles. The van der Waals surface area contributed by atoms with Gasteiger partial charge in [0.15, 0.2) is 0 Å². The summed E-state index contributed by atoms with van der Waals surface area (Å²) in [5.41, 5.74) is 7.83. The molecular formula is C15H17N3O2S. The highest BCUT2D eigenvalue weighted by atomic mass is 32.1. The molecule has 3 N–H and O–H groups in total. The van der Waals surface area contributed by atoms with Gasteiger partial charge in [-0.25, -0.2) is 0 Å². The molecular weight excluding hydrogens is 286 g/mol. The van der Waals surface area contributed by atoms with Crippen LogP contribution in [0.1, 0.15) is 21.7 Å². The summed E-state index contributed by atoms with van der Waals surface area (Å²) in [6.45, 7) is 3.47. The summed E-state index contributed by atoms with van der Waals surface area (Å²) in [5.74, 6) is -0.0897. The van der Waals surface area contributed by atoms with E-state index in [1.54, 1.807) is 4.90 Å². The van der Waals surface area contributed by atoms with E-state index in [2.05, 4.69) is 5.32 Å². The van der Waals surface area contributed by atoms with Gasteiger partial charge in [0.25, 0.3) is 5.91 Å². The van der Waals surface area contributed by atoms with Crippen LogP contribution in [0.15, 0.2) is 18.2 Å². The first kappa shape index (κ1) is 13.9. The number of carbonyl (C=O) groups is 2. The molecule has 3 rings (SSSR count). The quantitative estimate of drug-likeness (QED) is 0.843. The second-order valence-corrected chi connectivity index (χ2v) is 6.29. The van der Waals surface area contributed by atoms with Crippen LogP contribution in [0.3, 0.4) is 0 Å². The zero-order chi connectivity index (χ0) is 15.0. The van der Waals surface area contributed by atoms with E-state index in [0.29, 0.717) is 36.6 Å². The molecule has 0 saturated carbocycles. The van der Waals surface area contributed by atoms with Gasteiger partial charge >= 0.3 is 0 Å². The average Bonchev–Trinajstić information content (AvgIpc) is 2.64. The normalized spacial score (nSPS) is 15.9. The van der Waals surface area contributed by atoms with Crippen LogP contribution in [0.4, 0.5) is 5.69 Å². The van der Waals surface area contributed by atoms with E-state index in [-0.39, 0.29) is 11.8 Å². The molecule has 0 aliphatic carbocycles. The number of thiophene rings is 1. The fraction of sp³-hybridized carbons (Fsp3) is 0.333. The lowest BCUT2D eigenvalue weighted by atomic mass is 10.1. The van der Waals surface area contributed by atoms with Crippen molar-refractivity contribution in [1.29, 1.82) is 0 Å². The third-order valence-electron chi connectivity index (χ3n) is 3.68. The molecule has 2 heterocycles. The number of fused-ring (bicyclic) bond motifs is 1. The molecule has 1 aliphatic rings. The standard InChI is InChI=1S/C15H17N3O2S/c1-9-2-3-11-10(8-9)13(16)14(21-11)15(20)18-6-4-12(19)17-5-7-18/h2-3,8H,4-7,16H2,1H3,(H,17,19). The van der Waals surface area contributed by atoms with Crippen molar-refractivity contribution in [2.24, 2.45) is 0 Å². The summed E-state index contributed by atoms with van der Waals surface area (Å²) in [4.78, 5) is 26.3. The Labute approximate surface area is 126 Å². The van der Waals surface area contributed by atoms with Gasteiger partial charge in [-0.1, -0.05) is 11.6 Å². The zero-order valence-electron chi connectivity index (χ0n) is 11.8. The predicted molar refractivity (Wildman–Crippen MR) is 84.5 cm³/mol. The van der Waals surface area contributed by atoms with Crippen molar-refractivity contribution in [2.75, 3.05) is 25.4 Å². The number of aryl methyl sites for hydroxylation is 1. The lowest BCUT2D eigenvalue weighted by Gasteiger charge is -2.18. The van der Waals surface area contributed by atoms with Crippen LogP contribution in [-0.4, -0.2) is 36.3 Å². The minimum atomic E-state index is -0.0807. The van der Waals surface area contributed by atoms with Crippen molar-refractivity contribution in [2.45, 2.75) is 13.3 Å². The molecule has 0 radical (unpaired) electrons. The van der Waals surface area contributed by atoms with Crippen molar-refractivity contribution in [3.63, 3.8) is 0 Å². The number of carbonyl (C=O) groups excluding carboxylic acids is 2. The number of hydrogen-bond acceptors (Lipinski definition) is 4. The molecule has 5 nitrogen and oxygen atoms in total. The van der Waals surface area contributed by atoms with E-state index in [9.17, 15) is 9.59 Å². The highest BCUT2D eigenvalue weighted by Gasteiger charge is 2.24. The molecule has 1 fully saturated rings. The van der Waals surface area contributed by atoms with Gasteiger partial charge < -0.3 is 16.0 Å². The van der Waals surface area contributed by atoms with Crippen molar-refractivity contribution in [3.8, 4) is 0 Å². The fourth-order valence-electron chi connectivity index (χ4n) is 2.50. The number of nitrogens with two attached hydrogens (primary N) is 1. The third kappa shape index (κ3) is 2.58. The highest BCUT2D eigenvalue weighted by molar-refractivity contribution is 7.21. The van der Waals surface area contributed by atoms with Crippen molar-refractivity contribution >= 4 is 38.9 Å². The van der Waals surface area contributed by atoms with Gasteiger partial charge in [0.2, 0.25) is 5.91 Å². The van der Waals surface area contributed by atoms with Gasteiger partial charge in [-0.15, -0.1) is 11.3 Å². The smallest absolute Gasteiger partial charge is 0.266 e. The summed E-state index contributed by atoms with van der Waals surface area (Å²) in [6.07, 6.45) is 0.343. The summed E-state index contributed by atoms with van der Waals surface area (Å²) in [5, 5.41) is 3.71. The first-order valence-corrected chi connectivity index (χ1v) is 7.72. The second kappa shape index (κ2) is 5.37. The number of nitrogen functional groups attached to an aromatic ring is 1. The Morgan fingerprint density at radius 3 is 3.00 bits per heavy atom. The number of rotatable bonds is 1. The topological polar surface area (TPSA) is 75.4 Å².